The van der Waals surface area contributed by atoms with Crippen LogP contribution in [0.5, 0.6) is 0 Å². The van der Waals surface area contributed by atoms with Crippen molar-refractivity contribution in [3.05, 3.63) is 53.1 Å². The van der Waals surface area contributed by atoms with Crippen LogP contribution in [-0.4, -0.2) is 51.7 Å². The number of carbonyl (C=O) groups is 1. The van der Waals surface area contributed by atoms with Gasteiger partial charge in [0.2, 0.25) is 5.91 Å². The maximum atomic E-state index is 13.0. The average Bonchev–Trinajstić information content (AvgIpc) is 3.03. The molecule has 3 rings (SSSR count). The van der Waals surface area contributed by atoms with E-state index in [-0.39, 0.29) is 24.7 Å². The second kappa shape index (κ2) is 8.30. The summed E-state index contributed by atoms with van der Waals surface area (Å²) in [5.41, 5.74) is 0.451. The summed E-state index contributed by atoms with van der Waals surface area (Å²) in [7, 11) is 0. The predicted octanol–water partition coefficient (Wildman–Crippen LogP) is 3.08. The Hall–Kier alpha value is -2.42. The highest BCUT2D eigenvalue weighted by Crippen LogP contribution is 2.28. The van der Waals surface area contributed by atoms with Gasteiger partial charge in [0.15, 0.2) is 5.69 Å². The van der Waals surface area contributed by atoms with Gasteiger partial charge in [0.25, 0.3) is 0 Å². The van der Waals surface area contributed by atoms with Crippen LogP contribution >= 0.6 is 0 Å². The highest BCUT2D eigenvalue weighted by Gasteiger charge is 2.34. The van der Waals surface area contributed by atoms with E-state index in [4.69, 9.17) is 0 Å². The van der Waals surface area contributed by atoms with Crippen molar-refractivity contribution in [3.8, 4) is 0 Å². The smallest absolute Gasteiger partial charge is 0.340 e. The largest absolute Gasteiger partial charge is 0.435 e. The Kier molecular flexibility index (Phi) is 6.02. The molecule has 2 aromatic rings. The molecule has 1 aliphatic heterocycles. The van der Waals surface area contributed by atoms with Gasteiger partial charge in [-0.1, -0.05) is 12.1 Å². The lowest BCUT2D eigenvalue weighted by Crippen LogP contribution is -2.48. The summed E-state index contributed by atoms with van der Waals surface area (Å²) >= 11 is 0. The molecule has 0 spiro atoms. The molecule has 0 saturated carbocycles. The average molecular weight is 398 g/mol. The lowest BCUT2D eigenvalue weighted by Gasteiger charge is -2.34. The van der Waals surface area contributed by atoms with Crippen molar-refractivity contribution < 1.29 is 22.4 Å². The van der Waals surface area contributed by atoms with Crippen LogP contribution in [0, 0.1) is 12.7 Å². The molecule has 0 radical (unpaired) electrons. The molecule has 5 nitrogen and oxygen atoms in total. The number of hydrogen-bond acceptors (Lipinski definition) is 3. The number of nitrogens with zero attached hydrogens (tertiary/aromatic N) is 4. The van der Waals surface area contributed by atoms with Gasteiger partial charge in [0.1, 0.15) is 5.82 Å². The summed E-state index contributed by atoms with van der Waals surface area (Å²) in [4.78, 5) is 16.3. The van der Waals surface area contributed by atoms with Crippen LogP contribution in [0.3, 0.4) is 0 Å². The molecule has 1 fully saturated rings. The fraction of sp³-hybridized carbons (Fsp3) is 0.474. The number of halogens is 4. The van der Waals surface area contributed by atoms with E-state index in [1.165, 1.54) is 16.8 Å². The standard InChI is InChI=1S/C19H22F4N4O/c1-14-12-17(19(21,22)23)24-27(14)7-6-18(28)26-10-8-25(9-11-26)13-15-2-4-16(20)5-3-15/h2-5,12H,6-11,13H2,1H3. The quantitative estimate of drug-likeness (QED) is 0.727. The number of benzene rings is 1. The summed E-state index contributed by atoms with van der Waals surface area (Å²) in [6.45, 7) is 4.87. The van der Waals surface area contributed by atoms with Gasteiger partial charge >= 0.3 is 6.18 Å². The molecule has 0 unspecified atom stereocenters. The number of aryl methyl sites for hydroxylation is 2. The van der Waals surface area contributed by atoms with E-state index in [0.29, 0.717) is 38.4 Å². The van der Waals surface area contributed by atoms with E-state index in [9.17, 15) is 22.4 Å². The Morgan fingerprint density at radius 2 is 1.75 bits per heavy atom. The summed E-state index contributed by atoms with van der Waals surface area (Å²) in [5.74, 6) is -0.362. The van der Waals surface area contributed by atoms with E-state index < -0.39 is 11.9 Å². The van der Waals surface area contributed by atoms with Gasteiger partial charge in [-0.25, -0.2) is 4.39 Å². The lowest BCUT2D eigenvalue weighted by molar-refractivity contribution is -0.141. The highest BCUT2D eigenvalue weighted by atomic mass is 19.4. The molecule has 1 saturated heterocycles. The zero-order valence-corrected chi connectivity index (χ0v) is 15.5. The van der Waals surface area contributed by atoms with Crippen molar-refractivity contribution in [1.82, 2.24) is 19.6 Å². The van der Waals surface area contributed by atoms with Gasteiger partial charge in [0.05, 0.1) is 0 Å². The molecule has 28 heavy (non-hydrogen) atoms. The first-order chi connectivity index (χ1) is 13.2. The van der Waals surface area contributed by atoms with Crippen molar-refractivity contribution in [3.63, 3.8) is 0 Å². The van der Waals surface area contributed by atoms with Crippen LogP contribution < -0.4 is 0 Å². The van der Waals surface area contributed by atoms with Gasteiger partial charge in [-0.05, 0) is 30.7 Å². The van der Waals surface area contributed by atoms with E-state index in [1.807, 2.05) is 0 Å². The Labute approximate surface area is 160 Å². The van der Waals surface area contributed by atoms with E-state index in [1.54, 1.807) is 24.0 Å². The van der Waals surface area contributed by atoms with Crippen LogP contribution in [0.1, 0.15) is 23.4 Å². The Bertz CT molecular complexity index is 808. The number of carbonyl (C=O) groups excluding carboxylic acids is 1. The molecule has 0 aliphatic carbocycles. The molecule has 1 aliphatic rings. The topological polar surface area (TPSA) is 41.4 Å². The van der Waals surface area contributed by atoms with Crippen molar-refractivity contribution in [2.24, 2.45) is 0 Å². The number of hydrogen-bond donors (Lipinski definition) is 0. The molecule has 1 amide bonds. The molecule has 0 atom stereocenters. The second-order valence-corrected chi connectivity index (χ2v) is 6.93. The SMILES string of the molecule is Cc1cc(C(F)(F)F)nn1CCC(=O)N1CCN(Cc2ccc(F)cc2)CC1. The van der Waals surface area contributed by atoms with Gasteiger partial charge < -0.3 is 4.90 Å². The number of rotatable bonds is 5. The third kappa shape index (κ3) is 5.09. The summed E-state index contributed by atoms with van der Waals surface area (Å²) in [5, 5.41) is 3.55. The van der Waals surface area contributed by atoms with Crippen LogP contribution in [0.25, 0.3) is 0 Å². The fourth-order valence-electron chi connectivity index (χ4n) is 3.24. The normalized spacial score (nSPS) is 15.8. The number of piperazine rings is 1. The summed E-state index contributed by atoms with van der Waals surface area (Å²) in [6, 6.07) is 7.33. The van der Waals surface area contributed by atoms with E-state index >= 15 is 0 Å². The molecule has 9 heteroatoms. The first kappa shape index (κ1) is 20.3. The molecular weight excluding hydrogens is 376 g/mol. The van der Waals surface area contributed by atoms with Gasteiger partial charge in [-0.2, -0.15) is 18.3 Å². The first-order valence-corrected chi connectivity index (χ1v) is 9.08. The number of alkyl halides is 3. The molecule has 0 N–H and O–H groups in total. The molecular formula is C19H22F4N4O. The van der Waals surface area contributed by atoms with Gasteiger partial charge in [0, 0.05) is 51.4 Å². The van der Waals surface area contributed by atoms with Crippen molar-refractivity contribution >= 4 is 5.91 Å². The van der Waals surface area contributed by atoms with Crippen LogP contribution in [0.2, 0.25) is 0 Å². The van der Waals surface area contributed by atoms with Crippen LogP contribution in [0.4, 0.5) is 17.6 Å². The maximum absolute atomic E-state index is 13.0. The maximum Gasteiger partial charge on any atom is 0.435 e. The molecule has 1 aromatic carbocycles. The van der Waals surface area contributed by atoms with E-state index in [0.717, 1.165) is 11.6 Å². The zero-order chi connectivity index (χ0) is 20.3. The summed E-state index contributed by atoms with van der Waals surface area (Å²) in [6.07, 6.45) is -4.38. The minimum atomic E-state index is -4.49. The molecule has 152 valence electrons. The number of amides is 1. The third-order valence-electron chi connectivity index (χ3n) is 4.85. The molecule has 0 bridgehead atoms. The Morgan fingerprint density at radius 1 is 1.11 bits per heavy atom. The van der Waals surface area contributed by atoms with Crippen molar-refractivity contribution in [2.45, 2.75) is 32.6 Å². The first-order valence-electron chi connectivity index (χ1n) is 9.08. The third-order valence-corrected chi connectivity index (χ3v) is 4.85. The monoisotopic (exact) mass is 398 g/mol. The summed E-state index contributed by atoms with van der Waals surface area (Å²) < 4.78 is 52.3. The van der Waals surface area contributed by atoms with Gasteiger partial charge in [-0.3, -0.25) is 14.4 Å². The molecule has 1 aromatic heterocycles. The van der Waals surface area contributed by atoms with Crippen molar-refractivity contribution in [1.29, 1.82) is 0 Å². The van der Waals surface area contributed by atoms with Crippen LogP contribution in [-0.2, 0) is 24.1 Å². The highest BCUT2D eigenvalue weighted by molar-refractivity contribution is 5.76. The van der Waals surface area contributed by atoms with Gasteiger partial charge in [-0.15, -0.1) is 0 Å². The Morgan fingerprint density at radius 3 is 2.32 bits per heavy atom. The fourth-order valence-corrected chi connectivity index (χ4v) is 3.24. The van der Waals surface area contributed by atoms with E-state index in [2.05, 4.69) is 10.00 Å². The minimum absolute atomic E-state index is 0.0927. The predicted molar refractivity (Wildman–Crippen MR) is 94.8 cm³/mol. The Balaban J connectivity index is 1.46. The van der Waals surface area contributed by atoms with Crippen LogP contribution in [0.15, 0.2) is 30.3 Å². The molecule has 2 heterocycles. The van der Waals surface area contributed by atoms with Crippen molar-refractivity contribution in [2.75, 3.05) is 26.2 Å². The minimum Gasteiger partial charge on any atom is -0.340 e. The number of aromatic nitrogens is 2. The zero-order valence-electron chi connectivity index (χ0n) is 15.5. The lowest BCUT2D eigenvalue weighted by atomic mass is 10.2. The second-order valence-electron chi connectivity index (χ2n) is 6.93.